The Balaban J connectivity index is 3.00. The van der Waals surface area contributed by atoms with Crippen molar-refractivity contribution >= 4 is 24.5 Å². The molecule has 0 saturated carbocycles. The molecule has 3 nitrogen and oxygen atoms in total. The molecular weight excluding hydrogens is 465 g/mol. The van der Waals surface area contributed by atoms with Gasteiger partial charge in [-0.05, 0) is 0 Å². The van der Waals surface area contributed by atoms with Crippen molar-refractivity contribution in [2.45, 2.75) is 104 Å². The number of carbonyl (C=O) groups is 1. The first-order chi connectivity index (χ1) is 13.9. The van der Waals surface area contributed by atoms with Crippen molar-refractivity contribution in [2.24, 2.45) is 5.92 Å². The van der Waals surface area contributed by atoms with Gasteiger partial charge in [0.25, 0.3) is 0 Å². The van der Waals surface area contributed by atoms with E-state index in [-0.39, 0.29) is 16.3 Å². The van der Waals surface area contributed by atoms with Gasteiger partial charge in [0.1, 0.15) is 0 Å². The molecule has 1 aromatic rings. The molecule has 166 valence electrons. The summed E-state index contributed by atoms with van der Waals surface area (Å²) in [5, 5.41) is 3.09. The van der Waals surface area contributed by atoms with E-state index in [0.717, 1.165) is 5.56 Å². The molecule has 0 saturated heterocycles. The number of unbranched alkanes of at least 4 members (excludes halogenated alkanes) is 3. The van der Waals surface area contributed by atoms with E-state index < -0.39 is 18.4 Å². The van der Waals surface area contributed by atoms with Crippen molar-refractivity contribution in [3.8, 4) is 0 Å². The van der Waals surface area contributed by atoms with Crippen molar-refractivity contribution < 1.29 is 9.53 Å². The zero-order valence-electron chi connectivity index (χ0n) is 19.8. The predicted molar refractivity (Wildman–Crippen MR) is 128 cm³/mol. The molecule has 0 heterocycles. The van der Waals surface area contributed by atoms with Crippen LogP contribution in [0.3, 0.4) is 0 Å². The molecule has 29 heavy (non-hydrogen) atoms. The van der Waals surface area contributed by atoms with Gasteiger partial charge in [-0.25, -0.2) is 0 Å². The summed E-state index contributed by atoms with van der Waals surface area (Å²) in [6, 6.07) is 10.1. The van der Waals surface area contributed by atoms with Crippen LogP contribution in [0.4, 0.5) is 4.79 Å². The van der Waals surface area contributed by atoms with E-state index in [0.29, 0.717) is 5.92 Å². The van der Waals surface area contributed by atoms with Gasteiger partial charge in [-0.2, -0.15) is 0 Å². The summed E-state index contributed by atoms with van der Waals surface area (Å²) in [7, 11) is 0. The van der Waals surface area contributed by atoms with E-state index in [1.165, 1.54) is 51.8 Å². The normalized spacial score (nSPS) is 13.9. The van der Waals surface area contributed by atoms with Crippen molar-refractivity contribution in [1.82, 2.24) is 5.32 Å². The number of ether oxygens (including phenoxy) is 1. The molecule has 0 aliphatic heterocycles. The second kappa shape index (κ2) is 14.3. The SMILES string of the molecule is CCC[CH2][Sn]([CH2]CCC)([CH2]CCC)[C@H](OC(=O)N[C@H](C)c1ccccc1)C(C)C. The van der Waals surface area contributed by atoms with Gasteiger partial charge in [0.15, 0.2) is 0 Å². The summed E-state index contributed by atoms with van der Waals surface area (Å²) >= 11 is -2.66. The summed E-state index contributed by atoms with van der Waals surface area (Å²) in [5.74, 6) is 0.397. The zero-order chi connectivity index (χ0) is 21.7. The standard InChI is InChI=1S/C13H18NO2.3C4H9.Sn/c1-10(2)9-16-13(15)14-11(3)12-7-5-4-6-8-12;3*1-3-4-2;/h4-11H,1-3H3,(H,14,15);3*1,3-4H2,2H3;/t11-;;;;/m1..../s1. The third kappa shape index (κ3) is 8.90. The number of carbonyl (C=O) groups excluding carboxylic acids is 1. The number of nitrogens with one attached hydrogen (secondary N) is 1. The number of benzene rings is 1. The summed E-state index contributed by atoms with van der Waals surface area (Å²) in [5.41, 5.74) is 1.11. The van der Waals surface area contributed by atoms with Crippen molar-refractivity contribution in [3.63, 3.8) is 0 Å². The zero-order valence-corrected chi connectivity index (χ0v) is 22.7. The average molecular weight is 510 g/mol. The molecule has 2 atom stereocenters. The summed E-state index contributed by atoms with van der Waals surface area (Å²) < 4.78 is 10.5. The van der Waals surface area contributed by atoms with Gasteiger partial charge in [-0.15, -0.1) is 0 Å². The van der Waals surface area contributed by atoms with Crippen LogP contribution < -0.4 is 5.32 Å². The molecule has 4 heteroatoms. The van der Waals surface area contributed by atoms with Gasteiger partial charge in [-0.3, -0.25) is 0 Å². The summed E-state index contributed by atoms with van der Waals surface area (Å²) in [6.45, 7) is 13.4. The van der Waals surface area contributed by atoms with E-state index in [9.17, 15) is 4.79 Å². The van der Waals surface area contributed by atoms with Crippen LogP contribution in [-0.2, 0) is 4.74 Å². The fourth-order valence-electron chi connectivity index (χ4n) is 4.51. The molecule has 0 aliphatic rings. The molecule has 1 aromatic carbocycles. The first-order valence-corrected chi connectivity index (χ1v) is 19.6. The van der Waals surface area contributed by atoms with Gasteiger partial charge in [0, 0.05) is 0 Å². The van der Waals surface area contributed by atoms with Crippen LogP contribution >= 0.6 is 0 Å². The first-order valence-electron chi connectivity index (χ1n) is 11.9. The molecule has 1 rings (SSSR count). The topological polar surface area (TPSA) is 38.3 Å². The third-order valence-electron chi connectivity index (χ3n) is 6.16. The Morgan fingerprint density at radius 1 is 0.897 bits per heavy atom. The molecule has 0 aromatic heterocycles. The predicted octanol–water partition coefficient (Wildman–Crippen LogP) is 7.89. The Morgan fingerprint density at radius 2 is 1.38 bits per heavy atom. The number of alkyl carbamates (subject to hydrolysis) is 1. The molecule has 0 bridgehead atoms. The minimum absolute atomic E-state index is 0.0389. The van der Waals surface area contributed by atoms with Crippen LogP contribution in [0.25, 0.3) is 0 Å². The summed E-state index contributed by atoms with van der Waals surface area (Å²) in [6.07, 6.45) is 7.34. The first kappa shape index (κ1) is 26.3. The second-order valence-electron chi connectivity index (χ2n) is 9.02. The van der Waals surface area contributed by atoms with Crippen molar-refractivity contribution in [2.75, 3.05) is 0 Å². The van der Waals surface area contributed by atoms with Gasteiger partial charge in [0.2, 0.25) is 0 Å². The second-order valence-corrected chi connectivity index (χ2v) is 22.7. The molecular formula is C25H45NO2Sn. The third-order valence-corrected chi connectivity index (χ3v) is 23.4. The van der Waals surface area contributed by atoms with Crippen LogP contribution in [0.2, 0.25) is 13.3 Å². The fourth-order valence-corrected chi connectivity index (χ4v) is 23.2. The van der Waals surface area contributed by atoms with E-state index in [1.54, 1.807) is 0 Å². The van der Waals surface area contributed by atoms with Gasteiger partial charge in [0.05, 0.1) is 0 Å². The molecule has 0 radical (unpaired) electrons. The van der Waals surface area contributed by atoms with Gasteiger partial charge < -0.3 is 0 Å². The van der Waals surface area contributed by atoms with Gasteiger partial charge in [-0.1, -0.05) is 0 Å². The molecule has 0 spiro atoms. The Labute approximate surface area is 184 Å². The van der Waals surface area contributed by atoms with E-state index in [4.69, 9.17) is 4.74 Å². The molecule has 1 amide bonds. The molecule has 1 N–H and O–H groups in total. The Kier molecular flexibility index (Phi) is 13.0. The Hall–Kier alpha value is -0.711. The monoisotopic (exact) mass is 511 g/mol. The summed E-state index contributed by atoms with van der Waals surface area (Å²) in [4.78, 5) is 12.9. The average Bonchev–Trinajstić information content (AvgIpc) is 2.72. The van der Waals surface area contributed by atoms with E-state index >= 15 is 0 Å². The van der Waals surface area contributed by atoms with Crippen LogP contribution in [0, 0.1) is 5.92 Å². The van der Waals surface area contributed by atoms with E-state index in [1.807, 2.05) is 25.1 Å². The van der Waals surface area contributed by atoms with Crippen molar-refractivity contribution in [1.29, 1.82) is 0 Å². The Morgan fingerprint density at radius 3 is 1.79 bits per heavy atom. The maximum atomic E-state index is 12.9. The van der Waals surface area contributed by atoms with E-state index in [2.05, 4.69) is 52.1 Å². The van der Waals surface area contributed by atoms with Crippen LogP contribution in [-0.4, -0.2) is 28.6 Å². The molecule has 0 unspecified atom stereocenters. The number of rotatable bonds is 14. The van der Waals surface area contributed by atoms with Gasteiger partial charge >= 0.3 is 185 Å². The minimum atomic E-state index is -2.66. The van der Waals surface area contributed by atoms with Crippen molar-refractivity contribution in [3.05, 3.63) is 35.9 Å². The van der Waals surface area contributed by atoms with Crippen LogP contribution in [0.1, 0.15) is 91.7 Å². The molecule has 0 fully saturated rings. The number of hydrogen-bond donors (Lipinski definition) is 1. The maximum absolute atomic E-state index is 12.9. The molecule has 0 aliphatic carbocycles. The number of amides is 1. The number of hydrogen-bond acceptors (Lipinski definition) is 2. The fraction of sp³-hybridized carbons (Fsp3) is 0.720. The van der Waals surface area contributed by atoms with Crippen LogP contribution in [0.15, 0.2) is 30.3 Å². The quantitative estimate of drug-likeness (QED) is 0.259. The van der Waals surface area contributed by atoms with Crippen LogP contribution in [0.5, 0.6) is 0 Å². The Bertz CT molecular complexity index is 539.